The molecule has 6 heteroatoms. The van der Waals surface area contributed by atoms with Crippen molar-refractivity contribution in [2.24, 2.45) is 14.1 Å². The molecule has 2 aromatic heterocycles. The molecule has 0 saturated carbocycles. The monoisotopic (exact) mass is 346 g/mol. The second kappa shape index (κ2) is 6.14. The number of nitrogens with zero attached hydrogens (tertiary/aromatic N) is 4. The Hall–Kier alpha value is -3.42. The predicted octanol–water partition coefficient (Wildman–Crippen LogP) is 2.42. The van der Waals surface area contributed by atoms with E-state index in [2.05, 4.69) is 5.87 Å². The van der Waals surface area contributed by atoms with Crippen LogP contribution in [0.3, 0.4) is 0 Å². The topological polar surface area (TPSA) is 77.6 Å². The number of hydrogen-bond acceptors (Lipinski definition) is 3. The number of Topliss-reactive ketones (excluding diaryl/α,β-unsaturated/α-hetero) is 1. The highest BCUT2D eigenvalue weighted by Crippen LogP contribution is 2.33. The van der Waals surface area contributed by atoms with Gasteiger partial charge in [-0.15, -0.1) is 0 Å². The summed E-state index contributed by atoms with van der Waals surface area (Å²) in [6.07, 6.45) is 5.55. The van der Waals surface area contributed by atoms with Gasteiger partial charge in [0.25, 0.3) is 0 Å². The van der Waals surface area contributed by atoms with E-state index in [1.807, 2.05) is 75.2 Å². The second-order valence-corrected chi connectivity index (χ2v) is 6.76. The number of ketones is 1. The number of hydrogen-bond donors (Lipinski definition) is 1. The fourth-order valence-electron chi connectivity index (χ4n) is 3.43. The fraction of sp³-hybridized carbons (Fsp3) is 0.250. The number of nitriles is 1. The molecule has 0 saturated heterocycles. The molecule has 1 aliphatic heterocycles. The van der Waals surface area contributed by atoms with Crippen molar-refractivity contribution in [3.05, 3.63) is 65.4 Å². The number of carbonyl (C=O) groups is 1. The minimum atomic E-state index is -0.792. The molecule has 0 amide bonds. The van der Waals surface area contributed by atoms with Crippen LogP contribution in [0.5, 0.6) is 0 Å². The summed E-state index contributed by atoms with van der Waals surface area (Å²) in [6, 6.07) is 9.46. The Balaban J connectivity index is 2.25. The summed E-state index contributed by atoms with van der Waals surface area (Å²) >= 11 is 0. The molecule has 1 aliphatic rings. The first-order valence-corrected chi connectivity index (χ1v) is 8.19. The number of rotatable bonds is 4. The standard InChI is InChI=1S/C20H20N5O/c1-20(2)15(19(26)17-8-6-10-24(17)4)11-18(16-7-5-9-23(16)3)25(20)14(12-21)13-22/h5-11,21H,1-4H3/q+1. The lowest BCUT2D eigenvalue weighted by molar-refractivity contribution is -0.531. The summed E-state index contributed by atoms with van der Waals surface area (Å²) < 4.78 is 5.41. The van der Waals surface area contributed by atoms with E-state index in [1.165, 1.54) is 0 Å². The SMILES string of the molecule is Cn1cccc1C(=O)C1=CC(c2cccn2C)=[N+](C(=C=N)C#N)C1(C)C. The molecule has 1 N–H and O–H groups in total. The third kappa shape index (κ3) is 2.46. The van der Waals surface area contributed by atoms with Gasteiger partial charge < -0.3 is 9.13 Å². The fourth-order valence-corrected chi connectivity index (χ4v) is 3.43. The number of allylic oxidation sites excluding steroid dienone is 2. The van der Waals surface area contributed by atoms with Gasteiger partial charge in [-0.3, -0.25) is 10.2 Å². The van der Waals surface area contributed by atoms with Crippen LogP contribution in [0, 0.1) is 16.7 Å². The lowest BCUT2D eigenvalue weighted by Crippen LogP contribution is -2.39. The summed E-state index contributed by atoms with van der Waals surface area (Å²) in [5.41, 5.74) is 1.98. The zero-order valence-electron chi connectivity index (χ0n) is 15.2. The molecule has 0 aliphatic carbocycles. The quantitative estimate of drug-likeness (QED) is 0.399. The van der Waals surface area contributed by atoms with Gasteiger partial charge in [-0.2, -0.15) is 9.84 Å². The van der Waals surface area contributed by atoms with Crippen molar-refractivity contribution in [3.8, 4) is 6.07 Å². The zero-order valence-corrected chi connectivity index (χ0v) is 15.2. The van der Waals surface area contributed by atoms with E-state index in [4.69, 9.17) is 5.41 Å². The highest BCUT2D eigenvalue weighted by molar-refractivity contribution is 6.17. The number of aromatic nitrogens is 2. The smallest absolute Gasteiger partial charge is 0.347 e. The first-order valence-electron chi connectivity index (χ1n) is 8.19. The molecule has 3 heterocycles. The molecule has 0 aromatic carbocycles. The molecule has 0 unspecified atom stereocenters. The van der Waals surface area contributed by atoms with Crippen LogP contribution in [0.4, 0.5) is 0 Å². The van der Waals surface area contributed by atoms with Gasteiger partial charge in [-0.25, -0.2) is 0 Å². The number of aryl methyl sites for hydroxylation is 2. The Kier molecular flexibility index (Phi) is 4.11. The highest BCUT2D eigenvalue weighted by atomic mass is 16.1. The van der Waals surface area contributed by atoms with Crippen LogP contribution in [-0.2, 0) is 14.1 Å². The molecule has 130 valence electrons. The van der Waals surface area contributed by atoms with Crippen LogP contribution in [0.25, 0.3) is 0 Å². The molecular formula is C20H20N5O+. The summed E-state index contributed by atoms with van der Waals surface area (Å²) in [5.74, 6) is 2.12. The third-order valence-electron chi connectivity index (χ3n) is 4.82. The van der Waals surface area contributed by atoms with E-state index in [-0.39, 0.29) is 11.5 Å². The Labute approximate surface area is 152 Å². The van der Waals surface area contributed by atoms with Crippen molar-refractivity contribution >= 4 is 17.4 Å². The Morgan fingerprint density at radius 2 is 1.85 bits per heavy atom. The van der Waals surface area contributed by atoms with Crippen molar-refractivity contribution in [2.75, 3.05) is 0 Å². The molecule has 3 rings (SSSR count). The van der Waals surface area contributed by atoms with Gasteiger partial charge in [-0.05, 0) is 24.3 Å². The highest BCUT2D eigenvalue weighted by Gasteiger charge is 2.49. The van der Waals surface area contributed by atoms with Gasteiger partial charge in [0.15, 0.2) is 11.6 Å². The first kappa shape index (κ1) is 17.4. The van der Waals surface area contributed by atoms with Gasteiger partial charge in [0.1, 0.15) is 5.69 Å². The molecule has 0 spiro atoms. The third-order valence-corrected chi connectivity index (χ3v) is 4.82. The van der Waals surface area contributed by atoms with Gasteiger partial charge in [-0.1, -0.05) is 0 Å². The molecule has 6 nitrogen and oxygen atoms in total. The normalized spacial score (nSPS) is 15.4. The van der Waals surface area contributed by atoms with Crippen LogP contribution >= 0.6 is 0 Å². The molecule has 0 atom stereocenters. The maximum atomic E-state index is 13.2. The van der Waals surface area contributed by atoms with Gasteiger partial charge in [0.2, 0.25) is 11.5 Å². The molecule has 0 radical (unpaired) electrons. The van der Waals surface area contributed by atoms with E-state index >= 15 is 0 Å². The Morgan fingerprint density at radius 3 is 2.35 bits per heavy atom. The molecule has 0 fully saturated rings. The van der Waals surface area contributed by atoms with E-state index in [0.29, 0.717) is 17.0 Å². The van der Waals surface area contributed by atoms with Crippen LogP contribution in [0.15, 0.2) is 54.0 Å². The molecule has 26 heavy (non-hydrogen) atoms. The zero-order chi connectivity index (χ0) is 19.1. The van der Waals surface area contributed by atoms with Crippen molar-refractivity contribution < 1.29 is 9.37 Å². The maximum absolute atomic E-state index is 13.2. The number of nitrogens with one attached hydrogen (secondary N) is 1. The van der Waals surface area contributed by atoms with E-state index in [1.54, 1.807) is 15.2 Å². The average Bonchev–Trinajstić information content (AvgIpc) is 3.27. The Morgan fingerprint density at radius 1 is 1.19 bits per heavy atom. The molecule has 2 aromatic rings. The van der Waals surface area contributed by atoms with E-state index in [0.717, 1.165) is 5.69 Å². The van der Waals surface area contributed by atoms with E-state index < -0.39 is 5.54 Å². The van der Waals surface area contributed by atoms with Crippen LogP contribution < -0.4 is 0 Å². The lowest BCUT2D eigenvalue weighted by Gasteiger charge is -2.20. The van der Waals surface area contributed by atoms with Crippen molar-refractivity contribution in [3.63, 3.8) is 0 Å². The van der Waals surface area contributed by atoms with Gasteiger partial charge >= 0.3 is 5.70 Å². The minimum absolute atomic E-state index is 0.0668. The van der Waals surface area contributed by atoms with Crippen LogP contribution in [0.2, 0.25) is 0 Å². The van der Waals surface area contributed by atoms with Gasteiger partial charge in [0.05, 0.1) is 17.1 Å². The largest absolute Gasteiger partial charge is 0.348 e. The van der Waals surface area contributed by atoms with Crippen molar-refractivity contribution in [2.45, 2.75) is 19.4 Å². The van der Waals surface area contributed by atoms with Crippen LogP contribution in [-0.4, -0.2) is 36.6 Å². The first-order chi connectivity index (χ1) is 12.3. The summed E-state index contributed by atoms with van der Waals surface area (Å²) in [4.78, 5) is 13.2. The Bertz CT molecular complexity index is 1060. The second-order valence-electron chi connectivity index (χ2n) is 6.76. The summed E-state index contributed by atoms with van der Waals surface area (Å²) in [6.45, 7) is 3.76. The lowest BCUT2D eigenvalue weighted by atomic mass is 9.90. The maximum Gasteiger partial charge on any atom is 0.347 e. The molecular weight excluding hydrogens is 326 g/mol. The van der Waals surface area contributed by atoms with E-state index in [9.17, 15) is 10.1 Å². The molecule has 0 bridgehead atoms. The van der Waals surface area contributed by atoms with Crippen LogP contribution in [0.1, 0.15) is 30.0 Å². The summed E-state index contributed by atoms with van der Waals surface area (Å²) in [5, 5.41) is 17.0. The number of carbonyl (C=O) groups excluding carboxylic acids is 1. The van der Waals surface area contributed by atoms with Crippen molar-refractivity contribution in [1.82, 2.24) is 9.13 Å². The average molecular weight is 346 g/mol. The summed E-state index contributed by atoms with van der Waals surface area (Å²) in [7, 11) is 3.73. The van der Waals surface area contributed by atoms with Crippen molar-refractivity contribution in [1.29, 1.82) is 10.7 Å². The predicted molar refractivity (Wildman–Crippen MR) is 98.5 cm³/mol. The minimum Gasteiger partial charge on any atom is -0.348 e. The van der Waals surface area contributed by atoms with Gasteiger partial charge in [0, 0.05) is 46.4 Å².